The number of rotatable bonds is 5. The highest BCUT2D eigenvalue weighted by Crippen LogP contribution is 2.26. The maximum Gasteiger partial charge on any atom is 0.331 e. The van der Waals surface area contributed by atoms with Crippen LogP contribution in [0.15, 0.2) is 23.5 Å². The van der Waals surface area contributed by atoms with E-state index in [1.54, 1.807) is 0 Å². The molecule has 0 heterocycles. The molecule has 0 saturated carbocycles. The topological polar surface area (TPSA) is 99.1 Å². The average Bonchev–Trinajstić information content (AvgIpc) is 2.38. The number of benzene rings is 1. The second-order valence-electron chi connectivity index (χ2n) is 4.50. The van der Waals surface area contributed by atoms with Crippen LogP contribution in [0, 0.1) is 10.7 Å². The molecule has 0 aromatic heterocycles. The summed E-state index contributed by atoms with van der Waals surface area (Å²) in [5, 5.41) is 14.6. The molecular weight excluding hydrogens is 269 g/mol. The quantitative estimate of drug-likeness (QED) is 0.630. The minimum absolute atomic E-state index is 0.0578. The summed E-state index contributed by atoms with van der Waals surface area (Å²) in [5.74, 6) is -2.80. The highest BCUT2D eigenvalue weighted by atomic mass is 19.1. The summed E-state index contributed by atoms with van der Waals surface area (Å²) >= 11 is 0. The lowest BCUT2D eigenvalue weighted by molar-refractivity contribution is -0.142. The molecule has 1 rings (SSSR count). The Morgan fingerprint density at radius 1 is 1.40 bits per heavy atom. The first-order chi connectivity index (χ1) is 9.25. The van der Waals surface area contributed by atoms with Crippen molar-refractivity contribution in [2.45, 2.75) is 19.4 Å². The minimum atomic E-state index is -1.65. The van der Waals surface area contributed by atoms with Gasteiger partial charge in [-0.25, -0.2) is 14.2 Å². The third kappa shape index (κ3) is 2.73. The van der Waals surface area contributed by atoms with Crippen molar-refractivity contribution in [1.29, 1.82) is 0 Å². The lowest BCUT2D eigenvalue weighted by Crippen LogP contribution is -2.47. The summed E-state index contributed by atoms with van der Waals surface area (Å²) in [6.07, 6.45) is 0. The standard InChI is InChI=1S/C12H14FN3O4/c1-12(2,11(18)19)16(15-20)7-4-5-8(9(13)6-7)10(17)14-3/h4-6H,1-3H3,(H,14,17)(H,18,19). The van der Waals surface area contributed by atoms with E-state index in [0.717, 1.165) is 12.1 Å². The van der Waals surface area contributed by atoms with Crippen LogP contribution in [0.5, 0.6) is 0 Å². The van der Waals surface area contributed by atoms with Crippen molar-refractivity contribution in [1.82, 2.24) is 5.32 Å². The van der Waals surface area contributed by atoms with Crippen LogP contribution in [-0.4, -0.2) is 29.6 Å². The largest absolute Gasteiger partial charge is 0.479 e. The van der Waals surface area contributed by atoms with Crippen LogP contribution in [0.25, 0.3) is 0 Å². The highest BCUT2D eigenvalue weighted by molar-refractivity contribution is 5.94. The van der Waals surface area contributed by atoms with Gasteiger partial charge in [0.2, 0.25) is 0 Å². The third-order valence-electron chi connectivity index (χ3n) is 2.80. The fraction of sp³-hybridized carbons (Fsp3) is 0.333. The lowest BCUT2D eigenvalue weighted by Gasteiger charge is -2.29. The Kier molecular flexibility index (Phi) is 4.38. The van der Waals surface area contributed by atoms with Gasteiger partial charge in [-0.3, -0.25) is 4.79 Å². The SMILES string of the molecule is CNC(=O)c1ccc(N(N=O)C(C)(C)C(=O)O)cc1F. The van der Waals surface area contributed by atoms with Crippen LogP contribution in [0.4, 0.5) is 10.1 Å². The van der Waals surface area contributed by atoms with Gasteiger partial charge in [-0.15, -0.1) is 4.91 Å². The van der Waals surface area contributed by atoms with E-state index in [-0.39, 0.29) is 11.3 Å². The van der Waals surface area contributed by atoms with E-state index < -0.39 is 23.2 Å². The second-order valence-corrected chi connectivity index (χ2v) is 4.50. The van der Waals surface area contributed by atoms with Crippen LogP contribution >= 0.6 is 0 Å². The Morgan fingerprint density at radius 3 is 2.40 bits per heavy atom. The van der Waals surface area contributed by atoms with E-state index in [2.05, 4.69) is 10.6 Å². The first-order valence-corrected chi connectivity index (χ1v) is 5.64. The number of carbonyl (C=O) groups excluding carboxylic acids is 1. The molecule has 8 heteroatoms. The lowest BCUT2D eigenvalue weighted by atomic mass is 10.0. The predicted molar refractivity (Wildman–Crippen MR) is 69.8 cm³/mol. The van der Waals surface area contributed by atoms with Crippen LogP contribution in [0.3, 0.4) is 0 Å². The fourth-order valence-electron chi connectivity index (χ4n) is 1.52. The van der Waals surface area contributed by atoms with Crippen molar-refractivity contribution < 1.29 is 19.1 Å². The molecule has 1 aromatic carbocycles. The van der Waals surface area contributed by atoms with Crippen molar-refractivity contribution in [2.75, 3.05) is 12.1 Å². The van der Waals surface area contributed by atoms with E-state index in [4.69, 9.17) is 5.11 Å². The Hall–Kier alpha value is -2.51. The van der Waals surface area contributed by atoms with Crippen molar-refractivity contribution >= 4 is 17.6 Å². The van der Waals surface area contributed by atoms with Crippen molar-refractivity contribution in [3.63, 3.8) is 0 Å². The van der Waals surface area contributed by atoms with E-state index in [0.29, 0.717) is 5.01 Å². The zero-order chi connectivity index (χ0) is 15.5. The Labute approximate surface area is 114 Å². The Morgan fingerprint density at radius 2 is 2.00 bits per heavy atom. The molecule has 0 radical (unpaired) electrons. The van der Waals surface area contributed by atoms with Crippen LogP contribution in [0.2, 0.25) is 0 Å². The third-order valence-corrected chi connectivity index (χ3v) is 2.80. The zero-order valence-electron chi connectivity index (χ0n) is 11.2. The fourth-order valence-corrected chi connectivity index (χ4v) is 1.52. The van der Waals surface area contributed by atoms with Gasteiger partial charge in [-0.05, 0) is 26.0 Å². The van der Waals surface area contributed by atoms with Gasteiger partial charge < -0.3 is 10.4 Å². The second kappa shape index (κ2) is 5.64. The summed E-state index contributed by atoms with van der Waals surface area (Å²) in [6.45, 7) is 2.50. The molecule has 0 aliphatic carbocycles. The molecule has 2 N–H and O–H groups in total. The van der Waals surface area contributed by atoms with Crippen LogP contribution in [-0.2, 0) is 4.79 Å². The minimum Gasteiger partial charge on any atom is -0.479 e. The number of amides is 1. The van der Waals surface area contributed by atoms with Crippen molar-refractivity contribution in [2.24, 2.45) is 5.29 Å². The molecule has 0 unspecified atom stereocenters. The monoisotopic (exact) mass is 283 g/mol. The first kappa shape index (κ1) is 15.5. The van der Waals surface area contributed by atoms with Gasteiger partial charge >= 0.3 is 5.97 Å². The number of nitroso groups, excluding NO2 is 1. The number of carboxylic acid groups (broad SMARTS) is 1. The molecular formula is C12H14FN3O4. The maximum absolute atomic E-state index is 13.8. The van der Waals surface area contributed by atoms with Crippen molar-refractivity contribution in [3.05, 3.63) is 34.5 Å². The van der Waals surface area contributed by atoms with Crippen LogP contribution < -0.4 is 10.3 Å². The van der Waals surface area contributed by atoms with Gasteiger partial charge in [-0.2, -0.15) is 0 Å². The molecule has 0 aliphatic heterocycles. The number of carbonyl (C=O) groups is 2. The number of anilines is 1. The summed E-state index contributed by atoms with van der Waals surface area (Å²) in [6, 6.07) is 3.29. The van der Waals surface area contributed by atoms with Crippen LogP contribution in [0.1, 0.15) is 24.2 Å². The smallest absolute Gasteiger partial charge is 0.331 e. The molecule has 0 saturated heterocycles. The summed E-state index contributed by atoms with van der Waals surface area (Å²) in [5.41, 5.74) is -1.92. The van der Waals surface area contributed by atoms with Gasteiger partial charge in [0, 0.05) is 13.1 Å². The molecule has 1 amide bonds. The molecule has 1 aromatic rings. The molecule has 7 nitrogen and oxygen atoms in total. The van der Waals surface area contributed by atoms with Gasteiger partial charge in [0.05, 0.1) is 16.5 Å². The average molecular weight is 283 g/mol. The van der Waals surface area contributed by atoms with E-state index in [1.165, 1.54) is 27.0 Å². The zero-order valence-corrected chi connectivity index (χ0v) is 11.2. The highest BCUT2D eigenvalue weighted by Gasteiger charge is 2.37. The van der Waals surface area contributed by atoms with Gasteiger partial charge in [0.25, 0.3) is 5.91 Å². The number of halogens is 1. The number of hydrogen-bond acceptors (Lipinski definition) is 4. The predicted octanol–water partition coefficient (Wildman–Crippen LogP) is 1.54. The number of carboxylic acids is 1. The van der Waals surface area contributed by atoms with E-state index >= 15 is 0 Å². The molecule has 0 atom stereocenters. The van der Waals surface area contributed by atoms with E-state index in [9.17, 15) is 18.9 Å². The van der Waals surface area contributed by atoms with Gasteiger partial charge in [-0.1, -0.05) is 0 Å². The molecule has 0 bridgehead atoms. The molecule has 0 fully saturated rings. The molecule has 108 valence electrons. The maximum atomic E-state index is 13.8. The summed E-state index contributed by atoms with van der Waals surface area (Å²) in [7, 11) is 1.35. The van der Waals surface area contributed by atoms with E-state index in [1.807, 2.05) is 0 Å². The Bertz CT molecular complexity index is 560. The number of nitrogens with one attached hydrogen (secondary N) is 1. The number of nitrogens with zero attached hydrogens (tertiary/aromatic N) is 2. The summed E-state index contributed by atoms with van der Waals surface area (Å²) in [4.78, 5) is 33.3. The van der Waals surface area contributed by atoms with Crippen molar-refractivity contribution in [3.8, 4) is 0 Å². The van der Waals surface area contributed by atoms with Gasteiger partial charge in [0.15, 0.2) is 5.54 Å². The molecule has 20 heavy (non-hydrogen) atoms. The molecule has 0 aliphatic rings. The first-order valence-electron chi connectivity index (χ1n) is 5.64. The number of hydrogen-bond donors (Lipinski definition) is 2. The number of aliphatic carboxylic acids is 1. The Balaban J connectivity index is 3.26. The summed E-state index contributed by atoms with van der Waals surface area (Å²) < 4.78 is 13.8. The van der Waals surface area contributed by atoms with Gasteiger partial charge in [0.1, 0.15) is 5.82 Å². The molecule has 0 spiro atoms. The normalized spacial score (nSPS) is 10.8.